The molecule has 152 valence electrons. The third-order valence-electron chi connectivity index (χ3n) is 3.51. The Morgan fingerprint density at radius 3 is 0.600 bits per heavy atom. The monoisotopic (exact) mass is 361 g/mol. The topological polar surface area (TPSA) is 136 Å². The van der Waals surface area contributed by atoms with Crippen LogP contribution in [0.3, 0.4) is 0 Å². The molecule has 11 N–H and O–H groups in total. The summed E-state index contributed by atoms with van der Waals surface area (Å²) < 4.78 is 0. The normalized spacial score (nSPS) is 11.3. The molecule has 9 nitrogen and oxygen atoms in total. The molecule has 0 aromatic heterocycles. The fraction of sp³-hybridized carbons (Fsp3) is 1.00. The third kappa shape index (κ3) is 23.6. The molecule has 0 radical (unpaired) electrons. The predicted molar refractivity (Wildman–Crippen MR) is 108 cm³/mol. The van der Waals surface area contributed by atoms with Crippen molar-refractivity contribution < 1.29 is 0 Å². The summed E-state index contributed by atoms with van der Waals surface area (Å²) in [5, 5.41) is 23.5. The Kier molecular flexibility index (Phi) is 23.3. The molecule has 9 heteroatoms. The average molecular weight is 362 g/mol. The van der Waals surface area contributed by atoms with Gasteiger partial charge in [0.15, 0.2) is 0 Å². The zero-order valence-electron chi connectivity index (χ0n) is 16.0. The van der Waals surface area contributed by atoms with Crippen LogP contribution in [0.5, 0.6) is 0 Å². The quantitative estimate of drug-likeness (QED) is 0.0885. The third-order valence-corrected chi connectivity index (χ3v) is 3.51. The average Bonchev–Trinajstić information content (AvgIpc) is 2.63. The summed E-state index contributed by atoms with van der Waals surface area (Å²) in [7, 11) is 0. The molecule has 0 aliphatic rings. The molecule has 25 heavy (non-hydrogen) atoms. The largest absolute Gasteiger partial charge is 0.329 e. The molecule has 0 unspecified atom stereocenters. The van der Waals surface area contributed by atoms with Crippen LogP contribution in [-0.4, -0.2) is 105 Å². The highest BCUT2D eigenvalue weighted by molar-refractivity contribution is 4.59. The minimum Gasteiger partial charge on any atom is -0.329 e. The van der Waals surface area contributed by atoms with Gasteiger partial charge in [-0.1, -0.05) is 0 Å². The maximum absolute atomic E-state index is 5.40. The Bertz CT molecular complexity index is 210. The maximum atomic E-state index is 5.40. The van der Waals surface area contributed by atoms with Crippen LogP contribution in [0.2, 0.25) is 0 Å². The fourth-order valence-corrected chi connectivity index (χ4v) is 2.14. The first-order chi connectivity index (χ1) is 12.4. The molecule has 0 aliphatic heterocycles. The van der Waals surface area contributed by atoms with Crippen molar-refractivity contribution in [2.24, 2.45) is 11.5 Å². The molecule has 0 spiro atoms. The van der Waals surface area contributed by atoms with Gasteiger partial charge in [-0.05, 0) is 0 Å². The van der Waals surface area contributed by atoms with E-state index in [0.29, 0.717) is 13.1 Å². The van der Waals surface area contributed by atoms with Crippen molar-refractivity contribution in [2.45, 2.75) is 0 Å². The first-order valence-corrected chi connectivity index (χ1v) is 9.77. The summed E-state index contributed by atoms with van der Waals surface area (Å²) in [6.45, 7) is 15.2. The van der Waals surface area contributed by atoms with E-state index < -0.39 is 0 Å². The predicted octanol–water partition coefficient (Wildman–Crippen LogP) is -3.97. The van der Waals surface area contributed by atoms with Crippen LogP contribution >= 0.6 is 0 Å². The smallest absolute Gasteiger partial charge is 0.00772 e. The Labute approximate surface area is 154 Å². The van der Waals surface area contributed by atoms with Crippen LogP contribution in [0.1, 0.15) is 0 Å². The molecule has 0 aromatic carbocycles. The molecule has 0 aliphatic carbocycles. The summed E-state index contributed by atoms with van der Waals surface area (Å²) >= 11 is 0. The Hall–Kier alpha value is -0.360. The lowest BCUT2D eigenvalue weighted by Crippen LogP contribution is -2.38. The van der Waals surface area contributed by atoms with E-state index in [9.17, 15) is 0 Å². The van der Waals surface area contributed by atoms with Gasteiger partial charge in [-0.3, -0.25) is 0 Å². The molecule has 0 amide bonds. The standard InChI is InChI=1S/C16H43N9/c17-1-3-19-5-7-21-9-11-23-13-15-25-16-14-24-12-10-22-8-6-20-4-2-18/h19-25H,1-18H2. The number of rotatable bonds is 22. The van der Waals surface area contributed by atoms with Gasteiger partial charge in [-0.15, -0.1) is 0 Å². The van der Waals surface area contributed by atoms with Gasteiger partial charge in [0, 0.05) is 105 Å². The minimum atomic E-state index is 0.703. The minimum absolute atomic E-state index is 0.703. The van der Waals surface area contributed by atoms with Gasteiger partial charge in [0.1, 0.15) is 0 Å². The first kappa shape index (κ1) is 24.6. The van der Waals surface area contributed by atoms with Crippen molar-refractivity contribution in [3.05, 3.63) is 0 Å². The van der Waals surface area contributed by atoms with Gasteiger partial charge in [0.25, 0.3) is 0 Å². The van der Waals surface area contributed by atoms with Crippen molar-refractivity contribution in [2.75, 3.05) is 105 Å². The lowest BCUT2D eigenvalue weighted by molar-refractivity contribution is 0.549. The second kappa shape index (κ2) is 23.6. The van der Waals surface area contributed by atoms with Crippen LogP contribution in [0.25, 0.3) is 0 Å². The van der Waals surface area contributed by atoms with Gasteiger partial charge in [-0.2, -0.15) is 0 Å². The molecular formula is C16H43N9. The molecule has 0 saturated carbocycles. The van der Waals surface area contributed by atoms with E-state index in [4.69, 9.17) is 11.5 Å². The van der Waals surface area contributed by atoms with Gasteiger partial charge in [0.05, 0.1) is 0 Å². The summed E-state index contributed by atoms with van der Waals surface area (Å²) in [4.78, 5) is 0. The summed E-state index contributed by atoms with van der Waals surface area (Å²) in [6.07, 6.45) is 0. The van der Waals surface area contributed by atoms with Crippen molar-refractivity contribution >= 4 is 0 Å². The molecule has 0 aromatic rings. The second-order valence-electron chi connectivity index (χ2n) is 5.83. The summed E-state index contributed by atoms with van der Waals surface area (Å²) in [6, 6.07) is 0. The second-order valence-corrected chi connectivity index (χ2v) is 5.83. The van der Waals surface area contributed by atoms with E-state index in [1.54, 1.807) is 0 Å². The van der Waals surface area contributed by atoms with E-state index in [1.165, 1.54) is 0 Å². The van der Waals surface area contributed by atoms with Crippen molar-refractivity contribution in [3.63, 3.8) is 0 Å². The van der Waals surface area contributed by atoms with Crippen LogP contribution in [0, 0.1) is 0 Å². The van der Waals surface area contributed by atoms with Crippen molar-refractivity contribution in [1.29, 1.82) is 0 Å². The van der Waals surface area contributed by atoms with E-state index in [-0.39, 0.29) is 0 Å². The highest BCUT2D eigenvalue weighted by atomic mass is 15.0. The SMILES string of the molecule is NCCNCCNCCNCCNCCNCCNCCNCCN. The highest BCUT2D eigenvalue weighted by Gasteiger charge is 1.91. The zero-order valence-corrected chi connectivity index (χ0v) is 16.0. The number of hydrogen-bond donors (Lipinski definition) is 9. The van der Waals surface area contributed by atoms with E-state index in [0.717, 1.165) is 91.6 Å². The Balaban J connectivity index is 2.94. The van der Waals surface area contributed by atoms with E-state index in [1.807, 2.05) is 0 Å². The molecule has 0 saturated heterocycles. The van der Waals surface area contributed by atoms with Crippen molar-refractivity contribution in [3.8, 4) is 0 Å². The molecule has 0 bridgehead atoms. The van der Waals surface area contributed by atoms with Crippen LogP contribution in [-0.2, 0) is 0 Å². The first-order valence-electron chi connectivity index (χ1n) is 9.77. The summed E-state index contributed by atoms with van der Waals surface area (Å²) in [5.41, 5.74) is 10.8. The van der Waals surface area contributed by atoms with Gasteiger partial charge >= 0.3 is 0 Å². The highest BCUT2D eigenvalue weighted by Crippen LogP contribution is 1.65. The lowest BCUT2D eigenvalue weighted by atomic mass is 10.5. The van der Waals surface area contributed by atoms with Crippen LogP contribution in [0.15, 0.2) is 0 Å². The Morgan fingerprint density at radius 1 is 0.280 bits per heavy atom. The fourth-order valence-electron chi connectivity index (χ4n) is 2.14. The molecular weight excluding hydrogens is 318 g/mol. The molecule has 0 fully saturated rings. The maximum Gasteiger partial charge on any atom is 0.00772 e. The van der Waals surface area contributed by atoms with Gasteiger partial charge in [-0.25, -0.2) is 0 Å². The molecule has 0 heterocycles. The van der Waals surface area contributed by atoms with E-state index in [2.05, 4.69) is 37.2 Å². The van der Waals surface area contributed by atoms with E-state index >= 15 is 0 Å². The van der Waals surface area contributed by atoms with Crippen molar-refractivity contribution in [1.82, 2.24) is 37.2 Å². The zero-order chi connectivity index (χ0) is 18.3. The molecule has 0 atom stereocenters. The van der Waals surface area contributed by atoms with Crippen LogP contribution < -0.4 is 48.7 Å². The summed E-state index contributed by atoms with van der Waals surface area (Å²) in [5.74, 6) is 0. The van der Waals surface area contributed by atoms with Gasteiger partial charge < -0.3 is 48.7 Å². The lowest BCUT2D eigenvalue weighted by Gasteiger charge is -2.09. The Morgan fingerprint density at radius 2 is 0.440 bits per heavy atom. The van der Waals surface area contributed by atoms with Gasteiger partial charge in [0.2, 0.25) is 0 Å². The number of nitrogens with one attached hydrogen (secondary N) is 7. The molecule has 0 rings (SSSR count). The number of hydrogen-bond acceptors (Lipinski definition) is 9. The number of nitrogens with two attached hydrogens (primary N) is 2. The van der Waals surface area contributed by atoms with Crippen LogP contribution in [0.4, 0.5) is 0 Å².